The van der Waals surface area contributed by atoms with Crippen molar-refractivity contribution in [2.75, 3.05) is 11.9 Å². The van der Waals surface area contributed by atoms with Gasteiger partial charge in [0.25, 0.3) is 0 Å². The van der Waals surface area contributed by atoms with Crippen LogP contribution in [-0.4, -0.2) is 21.7 Å². The first-order valence-electron chi connectivity index (χ1n) is 10.3. The maximum atomic E-state index is 14.6. The molecule has 1 unspecified atom stereocenters. The number of halogens is 1. The Balaban J connectivity index is 1.50. The summed E-state index contributed by atoms with van der Waals surface area (Å²) in [5, 5.41) is 13.7. The van der Waals surface area contributed by atoms with Crippen LogP contribution < -0.4 is 5.32 Å². The van der Waals surface area contributed by atoms with Crippen LogP contribution >= 0.6 is 22.7 Å². The Labute approximate surface area is 182 Å². The zero-order valence-electron chi connectivity index (χ0n) is 17.0. The maximum absolute atomic E-state index is 14.6. The van der Waals surface area contributed by atoms with Gasteiger partial charge in [-0.05, 0) is 60.8 Å². The normalized spacial score (nSPS) is 20.9. The molecule has 2 atom stereocenters. The van der Waals surface area contributed by atoms with Gasteiger partial charge < -0.3 is 10.4 Å². The van der Waals surface area contributed by atoms with E-state index in [0.29, 0.717) is 17.5 Å². The Bertz CT molecular complexity index is 1220. The van der Waals surface area contributed by atoms with Crippen molar-refractivity contribution in [3.63, 3.8) is 0 Å². The van der Waals surface area contributed by atoms with Gasteiger partial charge in [0, 0.05) is 23.1 Å². The molecule has 1 aromatic carbocycles. The van der Waals surface area contributed by atoms with Crippen molar-refractivity contribution in [2.24, 2.45) is 11.3 Å². The SMILES string of the molecule is CC1(C)C(CCO)CC[C@H]1c1cc2c(Nc3cc4ncsc4cc3F)ccnc2s1. The topological polar surface area (TPSA) is 58.0 Å². The van der Waals surface area contributed by atoms with Crippen LogP contribution in [0.2, 0.25) is 0 Å². The highest BCUT2D eigenvalue weighted by Gasteiger charge is 2.43. The van der Waals surface area contributed by atoms with E-state index in [2.05, 4.69) is 35.2 Å². The van der Waals surface area contributed by atoms with E-state index in [1.807, 2.05) is 6.07 Å². The average Bonchev–Trinajstić information content (AvgIpc) is 3.40. The molecule has 30 heavy (non-hydrogen) atoms. The van der Waals surface area contributed by atoms with Gasteiger partial charge in [0.2, 0.25) is 0 Å². The van der Waals surface area contributed by atoms with Crippen molar-refractivity contribution in [1.29, 1.82) is 0 Å². The molecule has 2 N–H and O–H groups in total. The highest BCUT2D eigenvalue weighted by Crippen LogP contribution is 2.55. The van der Waals surface area contributed by atoms with E-state index in [4.69, 9.17) is 0 Å². The van der Waals surface area contributed by atoms with Gasteiger partial charge in [-0.15, -0.1) is 22.7 Å². The molecular formula is C23H24FN3OS2. The number of benzene rings is 1. The second-order valence-corrected chi connectivity index (χ2v) is 10.6. The van der Waals surface area contributed by atoms with Crippen molar-refractivity contribution in [3.05, 3.63) is 46.7 Å². The number of rotatable bonds is 5. The molecule has 0 amide bonds. The summed E-state index contributed by atoms with van der Waals surface area (Å²) in [4.78, 5) is 11.2. The van der Waals surface area contributed by atoms with Gasteiger partial charge >= 0.3 is 0 Å². The molecule has 4 aromatic rings. The fraction of sp³-hybridized carbons (Fsp3) is 0.391. The minimum Gasteiger partial charge on any atom is -0.396 e. The molecule has 3 heterocycles. The van der Waals surface area contributed by atoms with Crippen LogP contribution in [0, 0.1) is 17.2 Å². The number of nitrogens with one attached hydrogen (secondary N) is 1. The summed E-state index contributed by atoms with van der Waals surface area (Å²) in [6.07, 6.45) is 4.91. The summed E-state index contributed by atoms with van der Waals surface area (Å²) in [6.45, 7) is 4.89. The van der Waals surface area contributed by atoms with Gasteiger partial charge in [-0.1, -0.05) is 13.8 Å². The second kappa shape index (κ2) is 7.55. The van der Waals surface area contributed by atoms with Gasteiger partial charge in [-0.3, -0.25) is 0 Å². The smallest absolute Gasteiger partial charge is 0.148 e. The Morgan fingerprint density at radius 3 is 2.90 bits per heavy atom. The third kappa shape index (κ3) is 3.29. The molecule has 156 valence electrons. The molecule has 0 aliphatic heterocycles. The van der Waals surface area contributed by atoms with Gasteiger partial charge in [-0.25, -0.2) is 14.4 Å². The van der Waals surface area contributed by atoms with Crippen molar-refractivity contribution in [1.82, 2.24) is 9.97 Å². The van der Waals surface area contributed by atoms with Crippen molar-refractivity contribution in [3.8, 4) is 0 Å². The molecule has 1 aliphatic carbocycles. The van der Waals surface area contributed by atoms with E-state index in [-0.39, 0.29) is 17.8 Å². The quantitative estimate of drug-likeness (QED) is 0.362. The molecule has 1 saturated carbocycles. The number of hydrogen-bond donors (Lipinski definition) is 2. The Morgan fingerprint density at radius 1 is 1.20 bits per heavy atom. The molecule has 0 saturated heterocycles. The predicted octanol–water partition coefficient (Wildman–Crippen LogP) is 6.69. The summed E-state index contributed by atoms with van der Waals surface area (Å²) < 4.78 is 15.5. The highest BCUT2D eigenvalue weighted by molar-refractivity contribution is 7.18. The van der Waals surface area contributed by atoms with E-state index in [1.54, 1.807) is 29.1 Å². The highest BCUT2D eigenvalue weighted by atomic mass is 32.1. The van der Waals surface area contributed by atoms with Crippen LogP contribution in [0.3, 0.4) is 0 Å². The van der Waals surface area contributed by atoms with E-state index in [9.17, 15) is 9.50 Å². The molecular weight excluding hydrogens is 417 g/mol. The van der Waals surface area contributed by atoms with Crippen LogP contribution in [0.4, 0.5) is 15.8 Å². The fourth-order valence-electron chi connectivity index (χ4n) is 4.94. The first kappa shape index (κ1) is 19.8. The molecule has 1 fully saturated rings. The Hall–Kier alpha value is -2.09. The van der Waals surface area contributed by atoms with E-state index in [0.717, 1.165) is 45.4 Å². The lowest BCUT2D eigenvalue weighted by Gasteiger charge is -2.32. The standard InChI is InChI=1S/C23H24FN3OS2/c1-23(2)13(6-8-28)3-4-15(23)20-9-14-17(5-7-25-22(14)30-20)27-18-11-19-21(10-16(18)24)29-12-26-19/h5,7,9-13,15,28H,3-4,6,8H2,1-2H3,(H,25,27)/t13?,15-/m0/s1. The number of nitrogens with zero attached hydrogens (tertiary/aromatic N) is 2. The largest absolute Gasteiger partial charge is 0.396 e. The van der Waals surface area contributed by atoms with Crippen LogP contribution in [0.1, 0.15) is 43.9 Å². The molecule has 0 bridgehead atoms. The van der Waals surface area contributed by atoms with E-state index >= 15 is 0 Å². The number of thiophene rings is 1. The third-order valence-electron chi connectivity index (χ3n) is 6.72. The number of fused-ring (bicyclic) bond motifs is 2. The number of thiazole rings is 1. The second-order valence-electron chi connectivity index (χ2n) is 8.66. The van der Waals surface area contributed by atoms with Gasteiger partial charge in [0.1, 0.15) is 10.6 Å². The lowest BCUT2D eigenvalue weighted by Crippen LogP contribution is -2.24. The summed E-state index contributed by atoms with van der Waals surface area (Å²) >= 11 is 3.17. The molecule has 5 rings (SSSR count). The Kier molecular flexibility index (Phi) is 5.00. The van der Waals surface area contributed by atoms with E-state index < -0.39 is 0 Å². The fourth-order valence-corrected chi connectivity index (χ4v) is 6.98. The van der Waals surface area contributed by atoms with Crippen LogP contribution in [0.5, 0.6) is 0 Å². The van der Waals surface area contributed by atoms with Gasteiger partial charge in [0.05, 0.1) is 27.1 Å². The number of aromatic nitrogens is 2. The Morgan fingerprint density at radius 2 is 2.07 bits per heavy atom. The molecule has 1 aliphatic rings. The van der Waals surface area contributed by atoms with Crippen LogP contribution in [-0.2, 0) is 0 Å². The lowest BCUT2D eigenvalue weighted by atomic mass is 9.74. The first-order valence-corrected chi connectivity index (χ1v) is 12.0. The molecule has 4 nitrogen and oxygen atoms in total. The zero-order chi connectivity index (χ0) is 20.9. The minimum absolute atomic E-state index is 0.138. The molecule has 7 heteroatoms. The number of pyridine rings is 1. The average molecular weight is 442 g/mol. The summed E-state index contributed by atoms with van der Waals surface area (Å²) in [5.74, 6) is 0.697. The van der Waals surface area contributed by atoms with Gasteiger partial charge in [-0.2, -0.15) is 0 Å². The van der Waals surface area contributed by atoms with Crippen molar-refractivity contribution >= 4 is 54.5 Å². The summed E-state index contributed by atoms with van der Waals surface area (Å²) in [6, 6.07) is 7.43. The first-order chi connectivity index (χ1) is 14.5. The number of aliphatic hydroxyl groups excluding tert-OH is 1. The number of hydrogen-bond acceptors (Lipinski definition) is 6. The lowest BCUT2D eigenvalue weighted by molar-refractivity contribution is 0.175. The zero-order valence-corrected chi connectivity index (χ0v) is 18.6. The molecule has 0 spiro atoms. The minimum atomic E-state index is -0.282. The predicted molar refractivity (Wildman–Crippen MR) is 123 cm³/mol. The van der Waals surface area contributed by atoms with Crippen LogP contribution in [0.25, 0.3) is 20.4 Å². The van der Waals surface area contributed by atoms with Crippen molar-refractivity contribution in [2.45, 2.75) is 39.0 Å². The summed E-state index contributed by atoms with van der Waals surface area (Å²) in [5.41, 5.74) is 3.95. The maximum Gasteiger partial charge on any atom is 0.148 e. The number of aliphatic hydroxyl groups is 1. The third-order valence-corrected chi connectivity index (χ3v) is 8.67. The van der Waals surface area contributed by atoms with Crippen LogP contribution in [0.15, 0.2) is 36.0 Å². The molecule has 3 aromatic heterocycles. The number of anilines is 2. The monoisotopic (exact) mass is 441 g/mol. The van der Waals surface area contributed by atoms with Crippen molar-refractivity contribution < 1.29 is 9.50 Å². The van der Waals surface area contributed by atoms with Gasteiger partial charge in [0.15, 0.2) is 0 Å². The summed E-state index contributed by atoms with van der Waals surface area (Å²) in [7, 11) is 0. The van der Waals surface area contributed by atoms with E-state index in [1.165, 1.54) is 22.3 Å². The molecule has 0 radical (unpaired) electrons.